The van der Waals surface area contributed by atoms with Gasteiger partial charge in [-0.15, -0.1) is 0 Å². The van der Waals surface area contributed by atoms with Crippen molar-refractivity contribution >= 4 is 17.5 Å². The van der Waals surface area contributed by atoms with Crippen molar-refractivity contribution in [2.45, 2.75) is 19.4 Å². The Bertz CT molecular complexity index is 441. The minimum Gasteiger partial charge on any atom is -0.492 e. The first-order valence-electron chi connectivity index (χ1n) is 6.99. The topological polar surface area (TPSA) is 59.6 Å². The van der Waals surface area contributed by atoms with Crippen LogP contribution in [0.15, 0.2) is 18.2 Å². The molecule has 0 aliphatic heterocycles. The Morgan fingerprint density at radius 3 is 2.86 bits per heavy atom. The molecule has 0 aliphatic carbocycles. The number of amides is 1. The van der Waals surface area contributed by atoms with E-state index in [0.717, 1.165) is 12.1 Å². The molecule has 0 bridgehead atoms. The van der Waals surface area contributed by atoms with E-state index in [1.807, 2.05) is 12.1 Å². The number of carbonyl (C=O) groups excluding carboxylic acids is 1. The summed E-state index contributed by atoms with van der Waals surface area (Å²) in [5.74, 6) is 0.695. The molecule has 0 aliphatic rings. The van der Waals surface area contributed by atoms with Crippen LogP contribution in [0.25, 0.3) is 0 Å². The molecule has 1 aromatic rings. The van der Waals surface area contributed by atoms with Gasteiger partial charge in [0.15, 0.2) is 0 Å². The summed E-state index contributed by atoms with van der Waals surface area (Å²) >= 11 is 6.18. The molecular formula is C15H23ClN2O3. The maximum Gasteiger partial charge on any atom is 0.219 e. The Labute approximate surface area is 131 Å². The highest BCUT2D eigenvalue weighted by atomic mass is 35.5. The molecular weight excluding hydrogens is 292 g/mol. The molecule has 1 aromatic carbocycles. The maximum absolute atomic E-state index is 11.1. The zero-order chi connectivity index (χ0) is 15.5. The van der Waals surface area contributed by atoms with Crippen LogP contribution >= 0.6 is 11.6 Å². The van der Waals surface area contributed by atoms with Crippen LogP contribution < -0.4 is 15.4 Å². The van der Waals surface area contributed by atoms with Crippen LogP contribution in [0, 0.1) is 0 Å². The molecule has 1 amide bonds. The Kier molecular flexibility index (Phi) is 8.82. The number of ether oxygens (including phenoxy) is 2. The molecule has 2 N–H and O–H groups in total. The van der Waals surface area contributed by atoms with Crippen LogP contribution in [0.3, 0.4) is 0 Å². The van der Waals surface area contributed by atoms with Crippen LogP contribution in [-0.4, -0.2) is 39.8 Å². The number of methoxy groups -OCH3 is 1. The third kappa shape index (κ3) is 6.80. The molecule has 5 nitrogen and oxygen atoms in total. The predicted octanol–water partition coefficient (Wildman–Crippen LogP) is 1.98. The standard InChI is InChI=1S/C15H23ClN2O3/c1-17-14(19)7-4-9-21-15-12(5-3-6-13(15)16)11-18-8-10-20-2/h3,5-6,18H,4,7-11H2,1-2H3,(H,17,19). The number of benzene rings is 1. The fourth-order valence-corrected chi connectivity index (χ4v) is 2.03. The van der Waals surface area contributed by atoms with Crippen LogP contribution in [0.4, 0.5) is 0 Å². The second-order valence-corrected chi connectivity index (χ2v) is 4.93. The van der Waals surface area contributed by atoms with Crippen LogP contribution in [0.5, 0.6) is 5.75 Å². The summed E-state index contributed by atoms with van der Waals surface area (Å²) in [6.45, 7) is 2.54. The Morgan fingerprint density at radius 2 is 2.14 bits per heavy atom. The van der Waals surface area contributed by atoms with E-state index in [1.54, 1.807) is 20.2 Å². The van der Waals surface area contributed by atoms with Crippen molar-refractivity contribution in [1.29, 1.82) is 0 Å². The summed E-state index contributed by atoms with van der Waals surface area (Å²) in [6, 6.07) is 5.67. The van der Waals surface area contributed by atoms with E-state index in [1.165, 1.54) is 0 Å². The quantitative estimate of drug-likeness (QED) is 0.648. The molecule has 6 heteroatoms. The lowest BCUT2D eigenvalue weighted by Gasteiger charge is -2.13. The summed E-state index contributed by atoms with van der Waals surface area (Å²) in [5.41, 5.74) is 0.999. The fourth-order valence-electron chi connectivity index (χ4n) is 1.78. The van der Waals surface area contributed by atoms with E-state index >= 15 is 0 Å². The first kappa shape index (κ1) is 17.8. The van der Waals surface area contributed by atoms with Crippen molar-refractivity contribution in [2.24, 2.45) is 0 Å². The van der Waals surface area contributed by atoms with Gasteiger partial charge in [0.2, 0.25) is 5.91 Å². The lowest BCUT2D eigenvalue weighted by Crippen LogP contribution is -2.19. The zero-order valence-electron chi connectivity index (χ0n) is 12.6. The SMILES string of the molecule is CNC(=O)CCCOc1c(Cl)cccc1CNCCOC. The predicted molar refractivity (Wildman–Crippen MR) is 83.8 cm³/mol. The molecule has 1 rings (SSSR count). The summed E-state index contributed by atoms with van der Waals surface area (Å²) in [7, 11) is 3.29. The van der Waals surface area contributed by atoms with Crippen molar-refractivity contribution in [3.05, 3.63) is 28.8 Å². The van der Waals surface area contributed by atoms with Gasteiger partial charge in [-0.25, -0.2) is 0 Å². The van der Waals surface area contributed by atoms with E-state index in [9.17, 15) is 4.79 Å². The number of carbonyl (C=O) groups is 1. The largest absolute Gasteiger partial charge is 0.492 e. The second kappa shape index (κ2) is 10.4. The molecule has 0 radical (unpaired) electrons. The van der Waals surface area contributed by atoms with Gasteiger partial charge in [-0.05, 0) is 12.5 Å². The Morgan fingerprint density at radius 1 is 1.33 bits per heavy atom. The molecule has 0 spiro atoms. The summed E-state index contributed by atoms with van der Waals surface area (Å²) in [5, 5.41) is 6.43. The highest BCUT2D eigenvalue weighted by molar-refractivity contribution is 6.32. The fraction of sp³-hybridized carbons (Fsp3) is 0.533. The number of hydrogen-bond acceptors (Lipinski definition) is 4. The number of hydrogen-bond donors (Lipinski definition) is 2. The molecule has 0 heterocycles. The molecule has 0 unspecified atom stereocenters. The van der Waals surface area contributed by atoms with Gasteiger partial charge in [-0.1, -0.05) is 23.7 Å². The Hall–Kier alpha value is -1.30. The molecule has 0 aromatic heterocycles. The van der Waals surface area contributed by atoms with Crippen molar-refractivity contribution < 1.29 is 14.3 Å². The second-order valence-electron chi connectivity index (χ2n) is 4.52. The monoisotopic (exact) mass is 314 g/mol. The van der Waals surface area contributed by atoms with Gasteiger partial charge in [0, 0.05) is 39.2 Å². The zero-order valence-corrected chi connectivity index (χ0v) is 13.3. The van der Waals surface area contributed by atoms with Gasteiger partial charge in [0.05, 0.1) is 18.2 Å². The van der Waals surface area contributed by atoms with Crippen molar-refractivity contribution in [3.63, 3.8) is 0 Å². The lowest BCUT2D eigenvalue weighted by molar-refractivity contribution is -0.120. The average molecular weight is 315 g/mol. The summed E-state index contributed by atoms with van der Waals surface area (Å²) < 4.78 is 10.7. The van der Waals surface area contributed by atoms with Gasteiger partial charge in [-0.2, -0.15) is 0 Å². The van der Waals surface area contributed by atoms with Gasteiger partial charge in [-0.3, -0.25) is 4.79 Å². The third-order valence-electron chi connectivity index (χ3n) is 2.92. The summed E-state index contributed by atoms with van der Waals surface area (Å²) in [6.07, 6.45) is 1.10. The van der Waals surface area contributed by atoms with Crippen molar-refractivity contribution in [2.75, 3.05) is 33.9 Å². The lowest BCUT2D eigenvalue weighted by atomic mass is 10.2. The van der Waals surface area contributed by atoms with E-state index < -0.39 is 0 Å². The van der Waals surface area contributed by atoms with E-state index in [0.29, 0.717) is 43.4 Å². The molecule has 118 valence electrons. The van der Waals surface area contributed by atoms with Gasteiger partial charge >= 0.3 is 0 Å². The highest BCUT2D eigenvalue weighted by Crippen LogP contribution is 2.28. The number of nitrogens with one attached hydrogen (secondary N) is 2. The van der Waals surface area contributed by atoms with E-state index in [-0.39, 0.29) is 5.91 Å². The number of halogens is 1. The molecule has 0 atom stereocenters. The first-order valence-corrected chi connectivity index (χ1v) is 7.37. The van der Waals surface area contributed by atoms with Gasteiger partial charge in [0.25, 0.3) is 0 Å². The molecule has 0 saturated carbocycles. The van der Waals surface area contributed by atoms with E-state index in [4.69, 9.17) is 21.1 Å². The van der Waals surface area contributed by atoms with Crippen molar-refractivity contribution in [1.82, 2.24) is 10.6 Å². The maximum atomic E-state index is 11.1. The molecule has 0 saturated heterocycles. The minimum absolute atomic E-state index is 0.0132. The Balaban J connectivity index is 2.48. The normalized spacial score (nSPS) is 10.4. The number of para-hydroxylation sites is 1. The van der Waals surface area contributed by atoms with E-state index in [2.05, 4.69) is 10.6 Å². The van der Waals surface area contributed by atoms with Crippen LogP contribution in [0.1, 0.15) is 18.4 Å². The average Bonchev–Trinajstić information content (AvgIpc) is 2.49. The summed E-state index contributed by atoms with van der Waals surface area (Å²) in [4.78, 5) is 11.1. The smallest absolute Gasteiger partial charge is 0.219 e. The van der Waals surface area contributed by atoms with Gasteiger partial charge < -0.3 is 20.1 Å². The van der Waals surface area contributed by atoms with Crippen LogP contribution in [-0.2, 0) is 16.1 Å². The molecule has 0 fully saturated rings. The van der Waals surface area contributed by atoms with Crippen LogP contribution in [0.2, 0.25) is 5.02 Å². The van der Waals surface area contributed by atoms with Gasteiger partial charge in [0.1, 0.15) is 5.75 Å². The number of rotatable bonds is 10. The third-order valence-corrected chi connectivity index (χ3v) is 3.22. The van der Waals surface area contributed by atoms with Crippen molar-refractivity contribution in [3.8, 4) is 5.75 Å². The molecule has 21 heavy (non-hydrogen) atoms. The highest BCUT2D eigenvalue weighted by Gasteiger charge is 2.08. The minimum atomic E-state index is 0.0132. The first-order chi connectivity index (χ1) is 10.2.